The number of hydrogen-bond acceptors (Lipinski definition) is 4. The van der Waals surface area contributed by atoms with Gasteiger partial charge >= 0.3 is 0 Å². The van der Waals surface area contributed by atoms with Gasteiger partial charge in [-0.05, 0) is 48.1 Å². The minimum Gasteiger partial charge on any atom is -0.497 e. The first-order valence-corrected chi connectivity index (χ1v) is 10.6. The fraction of sp³-hybridized carbons (Fsp3) is 0.429. The Morgan fingerprint density at radius 3 is 2.97 bits per heavy atom. The maximum atomic E-state index is 12.5. The van der Waals surface area contributed by atoms with Crippen molar-refractivity contribution in [2.45, 2.75) is 32.9 Å². The van der Waals surface area contributed by atoms with Crippen LogP contribution in [0.2, 0.25) is 0 Å². The molecule has 0 radical (unpaired) electrons. The minimum absolute atomic E-state index is 0. The van der Waals surface area contributed by atoms with Crippen molar-refractivity contribution in [1.29, 1.82) is 0 Å². The fourth-order valence-electron chi connectivity index (χ4n) is 3.19. The van der Waals surface area contributed by atoms with E-state index in [2.05, 4.69) is 27.1 Å². The largest absolute Gasteiger partial charge is 0.497 e. The summed E-state index contributed by atoms with van der Waals surface area (Å²) < 4.78 is 5.25. The summed E-state index contributed by atoms with van der Waals surface area (Å²) in [5.41, 5.74) is 2.37. The quantitative estimate of drug-likeness (QED) is 0.329. The highest BCUT2D eigenvalue weighted by Gasteiger charge is 2.20. The molecule has 3 rings (SSSR count). The lowest BCUT2D eigenvalue weighted by Gasteiger charge is -2.27. The smallest absolute Gasteiger partial charge is 0.224 e. The zero-order valence-electron chi connectivity index (χ0n) is 16.9. The third-order valence-corrected chi connectivity index (χ3v) is 5.71. The number of thiophene rings is 1. The van der Waals surface area contributed by atoms with Gasteiger partial charge in [-0.1, -0.05) is 12.1 Å². The number of ether oxygens (including phenoxy) is 1. The molecule has 0 atom stereocenters. The predicted molar refractivity (Wildman–Crippen MR) is 129 cm³/mol. The minimum atomic E-state index is 0. The van der Waals surface area contributed by atoms with Gasteiger partial charge in [0.25, 0.3) is 0 Å². The maximum absolute atomic E-state index is 12.5. The Balaban J connectivity index is 0.00000300. The molecule has 1 amide bonds. The number of nitrogens with zero attached hydrogens (tertiary/aromatic N) is 2. The van der Waals surface area contributed by atoms with Gasteiger partial charge in [0.2, 0.25) is 5.91 Å². The first-order valence-electron chi connectivity index (χ1n) is 9.67. The highest BCUT2D eigenvalue weighted by Crippen LogP contribution is 2.24. The Morgan fingerprint density at radius 2 is 2.17 bits per heavy atom. The highest BCUT2D eigenvalue weighted by atomic mass is 127. The van der Waals surface area contributed by atoms with E-state index in [0.29, 0.717) is 19.5 Å². The number of amides is 1. The van der Waals surface area contributed by atoms with Crippen molar-refractivity contribution >= 4 is 47.2 Å². The molecular weight excluding hydrogens is 499 g/mol. The molecule has 1 aliphatic heterocycles. The van der Waals surface area contributed by atoms with Crippen LogP contribution in [-0.4, -0.2) is 43.5 Å². The number of nitrogens with one attached hydrogen (secondary N) is 2. The molecule has 2 aromatic rings. The van der Waals surface area contributed by atoms with Crippen LogP contribution in [0, 0.1) is 0 Å². The number of methoxy groups -OCH3 is 1. The zero-order chi connectivity index (χ0) is 19.8. The topological polar surface area (TPSA) is 66.0 Å². The Morgan fingerprint density at radius 1 is 1.31 bits per heavy atom. The van der Waals surface area contributed by atoms with E-state index in [-0.39, 0.29) is 29.9 Å². The third kappa shape index (κ3) is 6.88. The second-order valence-electron chi connectivity index (χ2n) is 6.66. The Hall–Kier alpha value is -1.81. The third-order valence-electron chi connectivity index (χ3n) is 4.69. The summed E-state index contributed by atoms with van der Waals surface area (Å²) in [4.78, 5) is 20.5. The van der Waals surface area contributed by atoms with E-state index >= 15 is 0 Å². The molecule has 0 bridgehead atoms. The van der Waals surface area contributed by atoms with Crippen molar-refractivity contribution in [2.75, 3.05) is 26.7 Å². The van der Waals surface area contributed by atoms with Gasteiger partial charge in [0.1, 0.15) is 5.75 Å². The molecule has 1 aliphatic rings. The number of carbonyl (C=O) groups excluding carboxylic acids is 1. The molecular formula is C21H29IN4O2S. The number of aliphatic imine (C=N–C) groups is 1. The zero-order valence-corrected chi connectivity index (χ0v) is 20.1. The number of fused-ring (bicyclic) bond motifs is 1. The van der Waals surface area contributed by atoms with Crippen LogP contribution in [0.15, 0.2) is 40.7 Å². The lowest BCUT2D eigenvalue weighted by molar-refractivity contribution is -0.131. The first-order chi connectivity index (χ1) is 13.7. The molecule has 0 saturated heterocycles. The van der Waals surface area contributed by atoms with Crippen LogP contribution in [0.5, 0.6) is 5.75 Å². The summed E-state index contributed by atoms with van der Waals surface area (Å²) >= 11 is 1.79. The van der Waals surface area contributed by atoms with E-state index in [9.17, 15) is 4.79 Å². The molecule has 0 fully saturated rings. The van der Waals surface area contributed by atoms with Crippen LogP contribution in [-0.2, 0) is 24.3 Å². The number of halogens is 1. The van der Waals surface area contributed by atoms with E-state index in [1.54, 1.807) is 18.4 Å². The van der Waals surface area contributed by atoms with Gasteiger partial charge in [-0.2, -0.15) is 0 Å². The molecule has 0 aliphatic carbocycles. The second kappa shape index (κ2) is 12.0. The SMILES string of the molecule is CCNC(=NCc1cccc(OC)c1)NCCC(=O)N1CCc2sccc2C1.I. The van der Waals surface area contributed by atoms with E-state index in [0.717, 1.165) is 43.3 Å². The van der Waals surface area contributed by atoms with Gasteiger partial charge in [0, 0.05) is 37.5 Å². The summed E-state index contributed by atoms with van der Waals surface area (Å²) in [7, 11) is 1.66. The fourth-order valence-corrected chi connectivity index (χ4v) is 4.08. The number of rotatable bonds is 7. The Kier molecular flexibility index (Phi) is 9.72. The van der Waals surface area contributed by atoms with Gasteiger partial charge in [0.05, 0.1) is 13.7 Å². The summed E-state index contributed by atoms with van der Waals surface area (Å²) in [6.45, 7) is 5.46. The van der Waals surface area contributed by atoms with Gasteiger partial charge in [-0.15, -0.1) is 35.3 Å². The van der Waals surface area contributed by atoms with Crippen LogP contribution >= 0.6 is 35.3 Å². The summed E-state index contributed by atoms with van der Waals surface area (Å²) in [6.07, 6.45) is 1.43. The van der Waals surface area contributed by atoms with E-state index in [1.807, 2.05) is 36.1 Å². The van der Waals surface area contributed by atoms with Crippen LogP contribution in [0.25, 0.3) is 0 Å². The summed E-state index contributed by atoms with van der Waals surface area (Å²) in [5.74, 6) is 1.73. The van der Waals surface area contributed by atoms with Crippen LogP contribution < -0.4 is 15.4 Å². The van der Waals surface area contributed by atoms with E-state index < -0.39 is 0 Å². The molecule has 8 heteroatoms. The molecule has 0 unspecified atom stereocenters. The van der Waals surface area contributed by atoms with E-state index in [4.69, 9.17) is 4.74 Å². The Bertz CT molecular complexity index is 825. The monoisotopic (exact) mass is 528 g/mol. The lowest BCUT2D eigenvalue weighted by atomic mass is 10.1. The highest BCUT2D eigenvalue weighted by molar-refractivity contribution is 14.0. The van der Waals surface area contributed by atoms with Crippen molar-refractivity contribution < 1.29 is 9.53 Å². The van der Waals surface area contributed by atoms with Crippen LogP contribution in [0.3, 0.4) is 0 Å². The van der Waals surface area contributed by atoms with Crippen molar-refractivity contribution in [1.82, 2.24) is 15.5 Å². The van der Waals surface area contributed by atoms with Gasteiger partial charge in [-0.25, -0.2) is 4.99 Å². The van der Waals surface area contributed by atoms with Gasteiger partial charge in [-0.3, -0.25) is 4.79 Å². The van der Waals surface area contributed by atoms with Crippen LogP contribution in [0.1, 0.15) is 29.3 Å². The molecule has 158 valence electrons. The normalized spacial score (nSPS) is 13.3. The summed E-state index contributed by atoms with van der Waals surface area (Å²) in [6, 6.07) is 10.0. The predicted octanol–water partition coefficient (Wildman–Crippen LogP) is 3.40. The average molecular weight is 528 g/mol. The molecule has 6 nitrogen and oxygen atoms in total. The van der Waals surface area contributed by atoms with Crippen molar-refractivity contribution in [2.24, 2.45) is 4.99 Å². The Labute approximate surface area is 193 Å². The standard InChI is InChI=1S/C21H28N4O2S.HI/c1-3-22-21(24-14-16-5-4-6-18(13-16)27-2)23-10-7-20(26)25-11-8-19-17(15-25)9-12-28-19;/h4-6,9,12-13H,3,7-8,10-11,14-15H2,1-2H3,(H2,22,23,24);1H. The molecule has 29 heavy (non-hydrogen) atoms. The second-order valence-corrected chi connectivity index (χ2v) is 7.66. The van der Waals surface area contributed by atoms with Crippen molar-refractivity contribution in [3.05, 3.63) is 51.7 Å². The molecule has 0 saturated carbocycles. The average Bonchev–Trinajstić information content (AvgIpc) is 3.20. The van der Waals surface area contributed by atoms with E-state index in [1.165, 1.54) is 10.4 Å². The van der Waals surface area contributed by atoms with Crippen LogP contribution in [0.4, 0.5) is 0 Å². The molecule has 0 spiro atoms. The van der Waals surface area contributed by atoms with Crippen molar-refractivity contribution in [3.63, 3.8) is 0 Å². The van der Waals surface area contributed by atoms with Gasteiger partial charge in [0.15, 0.2) is 5.96 Å². The number of benzene rings is 1. The molecule has 1 aromatic carbocycles. The summed E-state index contributed by atoms with van der Waals surface area (Å²) in [5, 5.41) is 8.61. The first kappa shape index (κ1) is 23.5. The van der Waals surface area contributed by atoms with Crippen molar-refractivity contribution in [3.8, 4) is 5.75 Å². The maximum Gasteiger partial charge on any atom is 0.224 e. The number of carbonyl (C=O) groups is 1. The number of guanidine groups is 1. The number of hydrogen-bond donors (Lipinski definition) is 2. The molecule has 2 heterocycles. The lowest BCUT2D eigenvalue weighted by Crippen LogP contribution is -2.41. The molecule has 2 N–H and O–H groups in total. The molecule has 1 aromatic heterocycles. The van der Waals surface area contributed by atoms with Gasteiger partial charge < -0.3 is 20.3 Å².